The molecule has 0 atom stereocenters. The molecule has 2 rings (SSSR count). The average Bonchev–Trinajstić information content (AvgIpc) is 2.84. The Labute approximate surface area is 109 Å². The minimum Gasteiger partial charge on any atom is -0.491 e. The SMILES string of the molecule is CCOc1cc(SCc2ccco2)c(N)cc1F. The Morgan fingerprint density at radius 3 is 2.94 bits per heavy atom. The molecule has 1 heterocycles. The van der Waals surface area contributed by atoms with Crippen LogP contribution in [0.25, 0.3) is 0 Å². The van der Waals surface area contributed by atoms with Crippen molar-refractivity contribution in [2.75, 3.05) is 12.3 Å². The number of hydrogen-bond donors (Lipinski definition) is 1. The molecule has 2 aromatic rings. The van der Waals surface area contributed by atoms with Crippen LogP contribution in [-0.4, -0.2) is 6.61 Å². The van der Waals surface area contributed by atoms with Crippen LogP contribution in [0.5, 0.6) is 5.75 Å². The Bertz CT molecular complexity index is 514. The van der Waals surface area contributed by atoms with Crippen molar-refractivity contribution in [1.82, 2.24) is 0 Å². The first-order valence-electron chi connectivity index (χ1n) is 5.57. The molecule has 0 bridgehead atoms. The number of nitrogen functional groups attached to an aromatic ring is 1. The number of halogens is 1. The maximum Gasteiger partial charge on any atom is 0.167 e. The molecule has 18 heavy (non-hydrogen) atoms. The van der Waals surface area contributed by atoms with Crippen molar-refractivity contribution in [3.05, 3.63) is 42.1 Å². The highest BCUT2D eigenvalue weighted by Gasteiger charge is 2.10. The Hall–Kier alpha value is -1.62. The van der Waals surface area contributed by atoms with Gasteiger partial charge in [0.1, 0.15) is 5.76 Å². The highest BCUT2D eigenvalue weighted by atomic mass is 32.2. The maximum absolute atomic E-state index is 13.5. The highest BCUT2D eigenvalue weighted by molar-refractivity contribution is 7.98. The van der Waals surface area contributed by atoms with E-state index in [1.807, 2.05) is 19.1 Å². The van der Waals surface area contributed by atoms with Crippen LogP contribution >= 0.6 is 11.8 Å². The summed E-state index contributed by atoms with van der Waals surface area (Å²) < 4.78 is 23.9. The van der Waals surface area contributed by atoms with E-state index in [0.717, 1.165) is 10.7 Å². The molecule has 0 spiro atoms. The second-order valence-electron chi connectivity index (χ2n) is 3.62. The van der Waals surface area contributed by atoms with Gasteiger partial charge in [0.2, 0.25) is 0 Å². The van der Waals surface area contributed by atoms with E-state index in [4.69, 9.17) is 14.9 Å². The van der Waals surface area contributed by atoms with Crippen molar-refractivity contribution in [2.24, 2.45) is 0 Å². The van der Waals surface area contributed by atoms with E-state index in [2.05, 4.69) is 0 Å². The Morgan fingerprint density at radius 2 is 2.28 bits per heavy atom. The van der Waals surface area contributed by atoms with E-state index >= 15 is 0 Å². The molecule has 0 amide bonds. The first-order chi connectivity index (χ1) is 8.70. The van der Waals surface area contributed by atoms with Gasteiger partial charge in [-0.05, 0) is 25.1 Å². The lowest BCUT2D eigenvalue weighted by atomic mass is 10.3. The van der Waals surface area contributed by atoms with Gasteiger partial charge in [-0.25, -0.2) is 4.39 Å². The lowest BCUT2D eigenvalue weighted by Gasteiger charge is -2.09. The summed E-state index contributed by atoms with van der Waals surface area (Å²) in [6.07, 6.45) is 1.62. The van der Waals surface area contributed by atoms with Gasteiger partial charge in [0.15, 0.2) is 11.6 Å². The number of furan rings is 1. The summed E-state index contributed by atoms with van der Waals surface area (Å²) in [5.74, 6) is 1.29. The Kier molecular flexibility index (Phi) is 4.15. The third-order valence-corrected chi connectivity index (χ3v) is 3.41. The predicted octanol–water partition coefficient (Wildman–Crippen LogP) is 3.69. The first-order valence-corrected chi connectivity index (χ1v) is 6.56. The first kappa shape index (κ1) is 12.8. The van der Waals surface area contributed by atoms with Gasteiger partial charge in [-0.1, -0.05) is 0 Å². The molecule has 2 N–H and O–H groups in total. The van der Waals surface area contributed by atoms with Crippen molar-refractivity contribution < 1.29 is 13.5 Å². The second kappa shape index (κ2) is 5.82. The molecular weight excluding hydrogens is 253 g/mol. The number of ether oxygens (including phenoxy) is 1. The zero-order valence-electron chi connectivity index (χ0n) is 9.98. The molecule has 0 aliphatic carbocycles. The van der Waals surface area contributed by atoms with E-state index in [1.54, 1.807) is 12.3 Å². The van der Waals surface area contributed by atoms with Gasteiger partial charge in [-0.3, -0.25) is 0 Å². The smallest absolute Gasteiger partial charge is 0.167 e. The van der Waals surface area contributed by atoms with E-state index < -0.39 is 5.82 Å². The highest BCUT2D eigenvalue weighted by Crippen LogP contribution is 2.33. The molecule has 1 aromatic heterocycles. The van der Waals surface area contributed by atoms with E-state index in [0.29, 0.717) is 18.0 Å². The third-order valence-electron chi connectivity index (χ3n) is 2.31. The maximum atomic E-state index is 13.5. The van der Waals surface area contributed by atoms with Gasteiger partial charge in [0, 0.05) is 16.6 Å². The largest absolute Gasteiger partial charge is 0.491 e. The normalized spacial score (nSPS) is 10.6. The number of anilines is 1. The average molecular weight is 267 g/mol. The van der Waals surface area contributed by atoms with Gasteiger partial charge in [-0.2, -0.15) is 0 Å². The van der Waals surface area contributed by atoms with E-state index in [1.165, 1.54) is 17.8 Å². The number of rotatable bonds is 5. The molecule has 0 saturated heterocycles. The van der Waals surface area contributed by atoms with Crippen LogP contribution in [0.4, 0.5) is 10.1 Å². The van der Waals surface area contributed by atoms with Crippen molar-refractivity contribution in [1.29, 1.82) is 0 Å². The van der Waals surface area contributed by atoms with Crippen molar-refractivity contribution >= 4 is 17.4 Å². The summed E-state index contributed by atoms with van der Waals surface area (Å²) in [5, 5.41) is 0. The molecule has 0 fully saturated rings. The summed E-state index contributed by atoms with van der Waals surface area (Å²) in [7, 11) is 0. The number of thioether (sulfide) groups is 1. The lowest BCUT2D eigenvalue weighted by Crippen LogP contribution is -1.98. The molecule has 3 nitrogen and oxygen atoms in total. The van der Waals surface area contributed by atoms with Crippen LogP contribution in [0.3, 0.4) is 0 Å². The van der Waals surface area contributed by atoms with Crippen molar-refractivity contribution in [2.45, 2.75) is 17.6 Å². The van der Waals surface area contributed by atoms with Gasteiger partial charge in [0.25, 0.3) is 0 Å². The van der Waals surface area contributed by atoms with Crippen LogP contribution in [0.15, 0.2) is 39.8 Å². The van der Waals surface area contributed by atoms with Crippen LogP contribution < -0.4 is 10.5 Å². The molecule has 0 radical (unpaired) electrons. The quantitative estimate of drug-likeness (QED) is 0.663. The van der Waals surface area contributed by atoms with Crippen LogP contribution in [-0.2, 0) is 5.75 Å². The topological polar surface area (TPSA) is 48.4 Å². The summed E-state index contributed by atoms with van der Waals surface area (Å²) >= 11 is 1.49. The standard InChI is InChI=1S/C13H14FNO2S/c1-2-16-12-7-13(11(15)6-10(12)14)18-8-9-4-3-5-17-9/h3-7H,2,8,15H2,1H3. The fourth-order valence-corrected chi connectivity index (χ4v) is 2.36. The monoisotopic (exact) mass is 267 g/mol. The molecular formula is C13H14FNO2S. The third kappa shape index (κ3) is 2.98. The van der Waals surface area contributed by atoms with Crippen molar-refractivity contribution in [3.8, 4) is 5.75 Å². The minimum absolute atomic E-state index is 0.230. The molecule has 0 aliphatic rings. The van der Waals surface area contributed by atoms with Crippen LogP contribution in [0, 0.1) is 5.82 Å². The van der Waals surface area contributed by atoms with E-state index in [-0.39, 0.29) is 5.75 Å². The number of benzene rings is 1. The van der Waals surface area contributed by atoms with Crippen LogP contribution in [0.1, 0.15) is 12.7 Å². The molecule has 96 valence electrons. The fraction of sp³-hybridized carbons (Fsp3) is 0.231. The predicted molar refractivity (Wildman–Crippen MR) is 70.3 cm³/mol. The number of nitrogens with two attached hydrogens (primary N) is 1. The molecule has 1 aromatic carbocycles. The summed E-state index contributed by atoms with van der Waals surface area (Å²) in [6.45, 7) is 2.23. The Balaban J connectivity index is 2.13. The minimum atomic E-state index is -0.434. The van der Waals surface area contributed by atoms with Gasteiger partial charge < -0.3 is 14.9 Å². The van der Waals surface area contributed by atoms with Gasteiger partial charge in [-0.15, -0.1) is 11.8 Å². The lowest BCUT2D eigenvalue weighted by molar-refractivity contribution is 0.321. The molecule has 0 saturated carbocycles. The molecule has 0 unspecified atom stereocenters. The Morgan fingerprint density at radius 1 is 1.44 bits per heavy atom. The van der Waals surface area contributed by atoms with Gasteiger partial charge in [0.05, 0.1) is 18.6 Å². The number of hydrogen-bond acceptors (Lipinski definition) is 4. The van der Waals surface area contributed by atoms with Crippen LogP contribution in [0.2, 0.25) is 0 Å². The molecule has 5 heteroatoms. The van der Waals surface area contributed by atoms with Gasteiger partial charge >= 0.3 is 0 Å². The zero-order chi connectivity index (χ0) is 13.0. The zero-order valence-corrected chi connectivity index (χ0v) is 10.8. The van der Waals surface area contributed by atoms with E-state index in [9.17, 15) is 4.39 Å². The molecule has 0 aliphatic heterocycles. The summed E-state index contributed by atoms with van der Waals surface area (Å²) in [6, 6.07) is 6.63. The summed E-state index contributed by atoms with van der Waals surface area (Å²) in [5.41, 5.74) is 6.19. The van der Waals surface area contributed by atoms with Crippen molar-refractivity contribution in [3.63, 3.8) is 0 Å². The second-order valence-corrected chi connectivity index (χ2v) is 4.64. The fourth-order valence-electron chi connectivity index (χ4n) is 1.48. The summed E-state index contributed by atoms with van der Waals surface area (Å²) in [4.78, 5) is 0.788.